The first-order valence-electron chi connectivity index (χ1n) is 5.87. The van der Waals surface area contributed by atoms with Crippen LogP contribution in [0.5, 0.6) is 0 Å². The molecule has 0 aliphatic carbocycles. The molecule has 0 saturated carbocycles. The van der Waals surface area contributed by atoms with Gasteiger partial charge in [-0.3, -0.25) is 9.97 Å². The molecule has 3 nitrogen and oxygen atoms in total. The fourth-order valence-corrected chi connectivity index (χ4v) is 1.65. The van der Waals surface area contributed by atoms with Crippen molar-refractivity contribution in [2.45, 2.75) is 19.8 Å². The first-order chi connectivity index (χ1) is 8.29. The number of nitrogens with zero attached hydrogens (tertiary/aromatic N) is 2. The molecule has 2 N–H and O–H groups in total. The summed E-state index contributed by atoms with van der Waals surface area (Å²) in [6.07, 6.45) is 5.76. The Morgan fingerprint density at radius 1 is 1.00 bits per heavy atom. The SMILES string of the molecule is Cc1ccc(-c2ccc(CCCN)cn2)nc1. The highest BCUT2D eigenvalue weighted by Crippen LogP contribution is 2.15. The molecule has 0 aliphatic rings. The van der Waals surface area contributed by atoms with E-state index in [0.29, 0.717) is 0 Å². The van der Waals surface area contributed by atoms with Crippen LogP contribution in [0, 0.1) is 6.92 Å². The maximum atomic E-state index is 5.48. The van der Waals surface area contributed by atoms with Crippen LogP contribution in [0.15, 0.2) is 36.7 Å². The van der Waals surface area contributed by atoms with Gasteiger partial charge in [-0.15, -0.1) is 0 Å². The molecule has 2 aromatic heterocycles. The number of pyridine rings is 2. The zero-order valence-electron chi connectivity index (χ0n) is 10.1. The summed E-state index contributed by atoms with van der Waals surface area (Å²) < 4.78 is 0. The molecule has 2 heterocycles. The van der Waals surface area contributed by atoms with Gasteiger partial charge in [-0.2, -0.15) is 0 Å². The third-order valence-corrected chi connectivity index (χ3v) is 2.67. The molecular formula is C14H17N3. The van der Waals surface area contributed by atoms with Crippen LogP contribution in [-0.2, 0) is 6.42 Å². The second-order valence-electron chi connectivity index (χ2n) is 4.16. The monoisotopic (exact) mass is 227 g/mol. The summed E-state index contributed by atoms with van der Waals surface area (Å²) in [6, 6.07) is 8.16. The topological polar surface area (TPSA) is 51.8 Å². The van der Waals surface area contributed by atoms with Gasteiger partial charge < -0.3 is 5.73 Å². The molecule has 0 amide bonds. The average Bonchev–Trinajstić information content (AvgIpc) is 2.38. The van der Waals surface area contributed by atoms with Crippen LogP contribution in [0.2, 0.25) is 0 Å². The van der Waals surface area contributed by atoms with Gasteiger partial charge in [-0.25, -0.2) is 0 Å². The summed E-state index contributed by atoms with van der Waals surface area (Å²) in [4.78, 5) is 8.79. The van der Waals surface area contributed by atoms with Gasteiger partial charge in [-0.1, -0.05) is 12.1 Å². The Morgan fingerprint density at radius 2 is 1.71 bits per heavy atom. The van der Waals surface area contributed by atoms with Crippen molar-refractivity contribution < 1.29 is 0 Å². The van der Waals surface area contributed by atoms with E-state index in [4.69, 9.17) is 5.73 Å². The summed E-state index contributed by atoms with van der Waals surface area (Å²) >= 11 is 0. The Labute approximate surface area is 102 Å². The van der Waals surface area contributed by atoms with Gasteiger partial charge in [0, 0.05) is 12.4 Å². The zero-order chi connectivity index (χ0) is 12.1. The molecule has 0 fully saturated rings. The lowest BCUT2D eigenvalue weighted by Gasteiger charge is -2.03. The average molecular weight is 227 g/mol. The van der Waals surface area contributed by atoms with Crippen LogP contribution in [0.4, 0.5) is 0 Å². The van der Waals surface area contributed by atoms with Crippen molar-refractivity contribution in [1.29, 1.82) is 0 Å². The van der Waals surface area contributed by atoms with E-state index in [2.05, 4.69) is 16.0 Å². The van der Waals surface area contributed by atoms with Gasteiger partial charge in [0.05, 0.1) is 11.4 Å². The highest BCUT2D eigenvalue weighted by molar-refractivity contribution is 5.53. The van der Waals surface area contributed by atoms with Crippen molar-refractivity contribution in [2.75, 3.05) is 6.54 Å². The third kappa shape index (κ3) is 3.11. The Bertz CT molecular complexity index is 460. The summed E-state index contributed by atoms with van der Waals surface area (Å²) in [5, 5.41) is 0. The van der Waals surface area contributed by atoms with Gasteiger partial charge in [0.1, 0.15) is 0 Å². The molecule has 3 heteroatoms. The van der Waals surface area contributed by atoms with E-state index in [-0.39, 0.29) is 0 Å². The minimum Gasteiger partial charge on any atom is -0.330 e. The normalized spacial score (nSPS) is 10.5. The summed E-state index contributed by atoms with van der Waals surface area (Å²) in [5.41, 5.74) is 9.71. The summed E-state index contributed by atoms with van der Waals surface area (Å²) in [5.74, 6) is 0. The minimum atomic E-state index is 0.723. The number of aryl methyl sites for hydroxylation is 2. The van der Waals surface area contributed by atoms with Crippen molar-refractivity contribution in [1.82, 2.24) is 9.97 Å². The Morgan fingerprint density at radius 3 is 2.24 bits per heavy atom. The van der Waals surface area contributed by atoms with Gasteiger partial charge in [0.2, 0.25) is 0 Å². The second-order valence-corrected chi connectivity index (χ2v) is 4.16. The number of aromatic nitrogens is 2. The molecule has 2 aromatic rings. The third-order valence-electron chi connectivity index (χ3n) is 2.67. The number of hydrogen-bond acceptors (Lipinski definition) is 3. The summed E-state index contributed by atoms with van der Waals surface area (Å²) in [7, 11) is 0. The van der Waals surface area contributed by atoms with Crippen molar-refractivity contribution in [3.63, 3.8) is 0 Å². The number of rotatable bonds is 4. The number of nitrogens with two attached hydrogens (primary N) is 1. The molecule has 2 rings (SSSR count). The molecular weight excluding hydrogens is 210 g/mol. The van der Waals surface area contributed by atoms with E-state index >= 15 is 0 Å². The molecule has 0 saturated heterocycles. The van der Waals surface area contributed by atoms with Gasteiger partial charge in [0.15, 0.2) is 0 Å². The molecule has 0 bridgehead atoms. The fraction of sp³-hybridized carbons (Fsp3) is 0.286. The van der Waals surface area contributed by atoms with E-state index in [0.717, 1.165) is 36.3 Å². The molecule has 0 atom stereocenters. The van der Waals surface area contributed by atoms with Gasteiger partial charge >= 0.3 is 0 Å². The molecule has 0 unspecified atom stereocenters. The van der Waals surface area contributed by atoms with Crippen LogP contribution in [-0.4, -0.2) is 16.5 Å². The van der Waals surface area contributed by atoms with Crippen molar-refractivity contribution >= 4 is 0 Å². The van der Waals surface area contributed by atoms with Crippen LogP contribution in [0.1, 0.15) is 17.5 Å². The molecule has 88 valence electrons. The highest BCUT2D eigenvalue weighted by Gasteiger charge is 2.00. The maximum absolute atomic E-state index is 5.48. The molecule has 0 aliphatic heterocycles. The largest absolute Gasteiger partial charge is 0.330 e. The maximum Gasteiger partial charge on any atom is 0.0886 e. The Kier molecular flexibility index (Phi) is 3.83. The smallest absolute Gasteiger partial charge is 0.0886 e. The van der Waals surface area contributed by atoms with Crippen molar-refractivity contribution in [3.05, 3.63) is 47.8 Å². The number of hydrogen-bond donors (Lipinski definition) is 1. The fourth-order valence-electron chi connectivity index (χ4n) is 1.65. The molecule has 0 radical (unpaired) electrons. The first-order valence-corrected chi connectivity index (χ1v) is 5.87. The van der Waals surface area contributed by atoms with E-state index < -0.39 is 0 Å². The molecule has 0 spiro atoms. The van der Waals surface area contributed by atoms with Gasteiger partial charge in [0.25, 0.3) is 0 Å². The molecule has 17 heavy (non-hydrogen) atoms. The summed E-state index contributed by atoms with van der Waals surface area (Å²) in [6.45, 7) is 2.75. The van der Waals surface area contributed by atoms with E-state index in [1.807, 2.05) is 37.5 Å². The second kappa shape index (κ2) is 5.55. The first kappa shape index (κ1) is 11.7. The zero-order valence-corrected chi connectivity index (χ0v) is 10.1. The quantitative estimate of drug-likeness (QED) is 0.872. The van der Waals surface area contributed by atoms with Crippen LogP contribution < -0.4 is 5.73 Å². The lowest BCUT2D eigenvalue weighted by Crippen LogP contribution is -2.00. The highest BCUT2D eigenvalue weighted by atomic mass is 14.8. The van der Waals surface area contributed by atoms with Crippen molar-refractivity contribution in [3.8, 4) is 11.4 Å². The van der Waals surface area contributed by atoms with E-state index in [9.17, 15) is 0 Å². The predicted octanol–water partition coefficient (Wildman–Crippen LogP) is 2.34. The Balaban J connectivity index is 2.14. The van der Waals surface area contributed by atoms with Crippen LogP contribution >= 0.6 is 0 Å². The lowest BCUT2D eigenvalue weighted by molar-refractivity contribution is 0.829. The Hall–Kier alpha value is -1.74. The predicted molar refractivity (Wildman–Crippen MR) is 69.6 cm³/mol. The van der Waals surface area contributed by atoms with E-state index in [1.165, 1.54) is 5.56 Å². The van der Waals surface area contributed by atoms with Crippen LogP contribution in [0.3, 0.4) is 0 Å². The van der Waals surface area contributed by atoms with Crippen LogP contribution in [0.25, 0.3) is 11.4 Å². The van der Waals surface area contributed by atoms with E-state index in [1.54, 1.807) is 0 Å². The standard InChI is InChI=1S/C14H17N3/c1-11-4-6-13(16-9-11)14-7-5-12(10-17-14)3-2-8-15/h4-7,9-10H,2-3,8,15H2,1H3. The minimum absolute atomic E-state index is 0.723. The molecule has 0 aromatic carbocycles. The van der Waals surface area contributed by atoms with Crippen molar-refractivity contribution in [2.24, 2.45) is 5.73 Å². The lowest BCUT2D eigenvalue weighted by atomic mass is 10.1. The van der Waals surface area contributed by atoms with Gasteiger partial charge in [-0.05, 0) is 49.6 Å².